The third-order valence-corrected chi connectivity index (χ3v) is 8.97. The Bertz CT molecular complexity index is 1870. The molecular weight excluding hydrogens is 629 g/mol. The maximum absolute atomic E-state index is 13.9. The fourth-order valence-corrected chi connectivity index (χ4v) is 6.21. The van der Waals surface area contributed by atoms with Gasteiger partial charge in [0.05, 0.1) is 6.04 Å². The van der Waals surface area contributed by atoms with E-state index >= 15 is 0 Å². The highest BCUT2D eigenvalue weighted by Gasteiger charge is 2.31. The van der Waals surface area contributed by atoms with E-state index in [4.69, 9.17) is 5.73 Å². The monoisotopic (exact) mass is 668 g/mol. The first kappa shape index (κ1) is 34.3. The van der Waals surface area contributed by atoms with Crippen LogP contribution in [-0.4, -0.2) is 74.9 Å². The van der Waals surface area contributed by atoms with Crippen LogP contribution >= 0.6 is 11.8 Å². The molecule has 8 N–H and O–H groups in total. The Morgan fingerprint density at radius 2 is 1.19 bits per heavy atom. The van der Waals surface area contributed by atoms with E-state index in [2.05, 4.69) is 25.9 Å². The lowest BCUT2D eigenvalue weighted by atomic mass is 10.0. The first-order valence-corrected chi connectivity index (χ1v) is 17.1. The van der Waals surface area contributed by atoms with Crippen LogP contribution in [0.25, 0.3) is 21.8 Å². The molecule has 0 aliphatic rings. The number of carbonyl (C=O) groups is 4. The van der Waals surface area contributed by atoms with Gasteiger partial charge >= 0.3 is 5.97 Å². The van der Waals surface area contributed by atoms with Crippen LogP contribution in [0.5, 0.6) is 0 Å². The smallest absolute Gasteiger partial charge is 0.326 e. The zero-order chi connectivity index (χ0) is 34.0. The number of hydrogen-bond acceptors (Lipinski definition) is 6. The number of amides is 3. The van der Waals surface area contributed by atoms with Crippen molar-refractivity contribution in [3.05, 3.63) is 108 Å². The number of rotatable bonds is 16. The molecule has 0 aliphatic heterocycles. The minimum atomic E-state index is -1.26. The fraction of sp³-hybridized carbons (Fsp3) is 0.278. The summed E-state index contributed by atoms with van der Waals surface area (Å²) < 4.78 is 0. The molecule has 11 nitrogen and oxygen atoms in total. The highest BCUT2D eigenvalue weighted by atomic mass is 32.2. The second-order valence-electron chi connectivity index (χ2n) is 11.7. The molecular formula is C36H40N6O5S. The van der Waals surface area contributed by atoms with Gasteiger partial charge in [0.2, 0.25) is 17.7 Å². The average Bonchev–Trinajstić information content (AvgIpc) is 3.70. The molecule has 3 aromatic carbocycles. The molecule has 5 rings (SSSR count). The maximum atomic E-state index is 13.9. The van der Waals surface area contributed by atoms with Crippen LogP contribution < -0.4 is 21.7 Å². The second kappa shape index (κ2) is 16.2. The van der Waals surface area contributed by atoms with Gasteiger partial charge in [0.25, 0.3) is 0 Å². The fourth-order valence-electron chi connectivity index (χ4n) is 5.74. The Balaban J connectivity index is 1.35. The van der Waals surface area contributed by atoms with Crippen LogP contribution in [-0.2, 0) is 38.4 Å². The number of nitrogens with two attached hydrogens (primary N) is 1. The first-order valence-electron chi connectivity index (χ1n) is 15.8. The predicted octanol–water partition coefficient (Wildman–Crippen LogP) is 3.30. The summed E-state index contributed by atoms with van der Waals surface area (Å²) in [7, 11) is 0. The largest absolute Gasteiger partial charge is 0.480 e. The molecule has 3 amide bonds. The van der Waals surface area contributed by atoms with Crippen molar-refractivity contribution in [2.24, 2.45) is 5.73 Å². The molecule has 0 aliphatic carbocycles. The summed E-state index contributed by atoms with van der Waals surface area (Å²) in [5.41, 5.74) is 10.3. The molecule has 0 fully saturated rings. The Morgan fingerprint density at radius 3 is 1.77 bits per heavy atom. The Hall–Kier alpha value is -5.07. The van der Waals surface area contributed by atoms with Gasteiger partial charge in [-0.3, -0.25) is 14.4 Å². The third kappa shape index (κ3) is 8.64. The summed E-state index contributed by atoms with van der Waals surface area (Å²) in [5, 5.41) is 20.1. The lowest BCUT2D eigenvalue weighted by molar-refractivity contribution is -0.142. The molecule has 4 unspecified atom stereocenters. The normalized spacial score (nSPS) is 13.8. The highest BCUT2D eigenvalue weighted by molar-refractivity contribution is 7.98. The van der Waals surface area contributed by atoms with Crippen molar-refractivity contribution in [2.75, 3.05) is 12.0 Å². The zero-order valence-electron chi connectivity index (χ0n) is 26.6. The van der Waals surface area contributed by atoms with Gasteiger partial charge in [-0.05, 0) is 53.7 Å². The van der Waals surface area contributed by atoms with Gasteiger partial charge in [-0.1, -0.05) is 66.7 Å². The van der Waals surface area contributed by atoms with E-state index in [1.54, 1.807) is 12.4 Å². The molecule has 0 spiro atoms. The predicted molar refractivity (Wildman–Crippen MR) is 189 cm³/mol. The number of aromatic nitrogens is 2. The molecule has 0 saturated carbocycles. The van der Waals surface area contributed by atoms with Gasteiger partial charge < -0.3 is 36.8 Å². The Kier molecular flexibility index (Phi) is 11.5. The van der Waals surface area contributed by atoms with Crippen LogP contribution in [0, 0.1) is 0 Å². The summed E-state index contributed by atoms with van der Waals surface area (Å²) in [6.07, 6.45) is 6.11. The number of fused-ring (bicyclic) bond motifs is 2. The Morgan fingerprint density at radius 1 is 0.688 bits per heavy atom. The lowest BCUT2D eigenvalue weighted by Gasteiger charge is -2.25. The van der Waals surface area contributed by atoms with E-state index in [9.17, 15) is 24.3 Å². The number of benzene rings is 3. The van der Waals surface area contributed by atoms with E-state index in [0.29, 0.717) is 18.6 Å². The summed E-state index contributed by atoms with van der Waals surface area (Å²) in [6.45, 7) is 0. The van der Waals surface area contributed by atoms with Crippen LogP contribution in [0.3, 0.4) is 0 Å². The number of carboxylic acid groups (broad SMARTS) is 1. The van der Waals surface area contributed by atoms with Gasteiger partial charge in [0, 0.05) is 47.0 Å². The van der Waals surface area contributed by atoms with Crippen LogP contribution in [0.15, 0.2) is 91.3 Å². The van der Waals surface area contributed by atoms with Gasteiger partial charge in [0.15, 0.2) is 0 Å². The quantitative estimate of drug-likeness (QED) is 0.0842. The summed E-state index contributed by atoms with van der Waals surface area (Å²) >= 11 is 1.52. The molecule has 5 aromatic rings. The van der Waals surface area contributed by atoms with Crippen molar-refractivity contribution in [1.29, 1.82) is 0 Å². The van der Waals surface area contributed by atoms with Crippen molar-refractivity contribution in [1.82, 2.24) is 25.9 Å². The van der Waals surface area contributed by atoms with E-state index in [1.807, 2.05) is 85.1 Å². The van der Waals surface area contributed by atoms with Crippen LogP contribution in [0.2, 0.25) is 0 Å². The first-order chi connectivity index (χ1) is 23.2. The highest BCUT2D eigenvalue weighted by Crippen LogP contribution is 2.21. The van der Waals surface area contributed by atoms with Crippen molar-refractivity contribution < 1.29 is 24.3 Å². The number of H-pyrrole nitrogens is 2. The molecule has 0 saturated heterocycles. The van der Waals surface area contributed by atoms with Crippen molar-refractivity contribution in [2.45, 2.75) is 49.9 Å². The molecule has 48 heavy (non-hydrogen) atoms. The van der Waals surface area contributed by atoms with E-state index in [0.717, 1.165) is 38.5 Å². The topological polar surface area (TPSA) is 182 Å². The van der Waals surface area contributed by atoms with Gasteiger partial charge in [0.1, 0.15) is 18.1 Å². The lowest BCUT2D eigenvalue weighted by Crippen LogP contribution is -2.58. The number of aliphatic carboxylic acids is 1. The number of para-hydroxylation sites is 2. The third-order valence-electron chi connectivity index (χ3n) is 8.32. The van der Waals surface area contributed by atoms with Crippen molar-refractivity contribution in [3.63, 3.8) is 0 Å². The van der Waals surface area contributed by atoms with Gasteiger partial charge in [-0.15, -0.1) is 0 Å². The SMILES string of the molecule is CSCCC(NC(=O)C(N)Cc1ccccc1)C(=O)NC(Cc1c[nH]c2ccccc12)C(=O)NC(Cc1c[nH]c2ccccc12)C(=O)O. The average molecular weight is 669 g/mol. The van der Waals surface area contributed by atoms with Crippen LogP contribution in [0.4, 0.5) is 0 Å². The van der Waals surface area contributed by atoms with E-state index < -0.39 is 47.9 Å². The minimum absolute atomic E-state index is 0.0323. The van der Waals surface area contributed by atoms with Crippen molar-refractivity contribution in [3.8, 4) is 0 Å². The molecule has 2 aromatic heterocycles. The zero-order valence-corrected chi connectivity index (χ0v) is 27.4. The molecule has 12 heteroatoms. The molecule has 4 atom stereocenters. The number of aromatic amines is 2. The number of carboxylic acids is 1. The number of thioether (sulfide) groups is 1. The second-order valence-corrected chi connectivity index (χ2v) is 12.7. The van der Waals surface area contributed by atoms with Crippen molar-refractivity contribution >= 4 is 57.3 Å². The number of hydrogen-bond donors (Lipinski definition) is 7. The van der Waals surface area contributed by atoms with Gasteiger partial charge in [-0.2, -0.15) is 11.8 Å². The summed E-state index contributed by atoms with van der Waals surface area (Å²) in [6, 6.07) is 20.2. The summed E-state index contributed by atoms with van der Waals surface area (Å²) in [4.78, 5) is 59.6. The minimum Gasteiger partial charge on any atom is -0.480 e. The molecule has 250 valence electrons. The number of carbonyl (C=O) groups excluding carboxylic acids is 3. The molecule has 2 heterocycles. The Labute approximate surface area is 282 Å². The maximum Gasteiger partial charge on any atom is 0.326 e. The summed E-state index contributed by atoms with van der Waals surface area (Å²) in [5.74, 6) is -2.34. The van der Waals surface area contributed by atoms with E-state index in [-0.39, 0.29) is 12.8 Å². The number of nitrogens with one attached hydrogen (secondary N) is 5. The van der Waals surface area contributed by atoms with Gasteiger partial charge in [-0.25, -0.2) is 4.79 Å². The van der Waals surface area contributed by atoms with Crippen LogP contribution in [0.1, 0.15) is 23.1 Å². The van der Waals surface area contributed by atoms with E-state index in [1.165, 1.54) is 11.8 Å². The standard InChI is InChI=1S/C36H40N6O5S/c1-48-16-15-30(40-33(43)27(37)17-22-9-3-2-4-10-22)34(44)41-31(18-23-20-38-28-13-7-5-11-25(23)28)35(45)42-32(36(46)47)19-24-21-39-29-14-8-6-12-26(24)29/h2-14,20-21,27,30-32,38-39H,15-19,37H2,1H3,(H,40,43)(H,41,44)(H,42,45)(H,46,47). The molecule has 0 radical (unpaired) electrons. The molecule has 0 bridgehead atoms.